The van der Waals surface area contributed by atoms with Gasteiger partial charge in [0.15, 0.2) is 0 Å². The maximum absolute atomic E-state index is 12.8. The standard InChI is InChI=1S/C18H22N2O4/c1-11-3-4-14(12(2)9-11)20-16(21)10-15(17(20)22)19-7-5-13(6-8-19)18(23)24/h3-4,9,13,15H,5-8,10H2,1-2H3,(H,23,24). The predicted octanol–water partition coefficient (Wildman–Crippen LogP) is 1.73. The van der Waals surface area contributed by atoms with Crippen LogP contribution in [0.4, 0.5) is 5.69 Å². The number of aryl methyl sites for hydroxylation is 2. The van der Waals surface area contributed by atoms with Crippen LogP contribution in [-0.2, 0) is 14.4 Å². The highest BCUT2D eigenvalue weighted by Crippen LogP contribution is 2.30. The van der Waals surface area contributed by atoms with Crippen LogP contribution in [0.5, 0.6) is 0 Å². The average molecular weight is 330 g/mol. The van der Waals surface area contributed by atoms with Crippen molar-refractivity contribution in [3.63, 3.8) is 0 Å². The van der Waals surface area contributed by atoms with Gasteiger partial charge in [0.25, 0.3) is 5.91 Å². The molecular weight excluding hydrogens is 308 g/mol. The van der Waals surface area contributed by atoms with E-state index in [0.717, 1.165) is 11.1 Å². The molecular formula is C18H22N2O4. The number of benzene rings is 1. The summed E-state index contributed by atoms with van der Waals surface area (Å²) >= 11 is 0. The minimum atomic E-state index is -0.777. The van der Waals surface area contributed by atoms with Gasteiger partial charge in [0.05, 0.1) is 24.1 Å². The Kier molecular flexibility index (Phi) is 4.41. The maximum atomic E-state index is 12.8. The first-order chi connectivity index (χ1) is 11.4. The van der Waals surface area contributed by atoms with Crippen molar-refractivity contribution in [2.24, 2.45) is 5.92 Å². The zero-order valence-electron chi connectivity index (χ0n) is 14.0. The van der Waals surface area contributed by atoms with E-state index >= 15 is 0 Å². The minimum Gasteiger partial charge on any atom is -0.481 e. The van der Waals surface area contributed by atoms with Crippen LogP contribution in [0.3, 0.4) is 0 Å². The number of amides is 2. The van der Waals surface area contributed by atoms with Gasteiger partial charge in [0.2, 0.25) is 5.91 Å². The van der Waals surface area contributed by atoms with Crippen LogP contribution < -0.4 is 4.90 Å². The molecule has 0 radical (unpaired) electrons. The number of carbonyl (C=O) groups is 3. The lowest BCUT2D eigenvalue weighted by atomic mass is 9.95. The number of imide groups is 1. The Morgan fingerprint density at radius 3 is 2.42 bits per heavy atom. The smallest absolute Gasteiger partial charge is 0.306 e. The number of carboxylic acids is 1. The third-order valence-corrected chi connectivity index (χ3v) is 5.04. The van der Waals surface area contributed by atoms with Crippen molar-refractivity contribution in [1.82, 2.24) is 4.90 Å². The number of anilines is 1. The third kappa shape index (κ3) is 2.94. The lowest BCUT2D eigenvalue weighted by Crippen LogP contribution is -2.46. The van der Waals surface area contributed by atoms with Gasteiger partial charge in [-0.3, -0.25) is 19.3 Å². The summed E-state index contributed by atoms with van der Waals surface area (Å²) in [5.41, 5.74) is 2.64. The van der Waals surface area contributed by atoms with Gasteiger partial charge in [-0.25, -0.2) is 4.90 Å². The molecule has 1 atom stereocenters. The normalized spacial score (nSPS) is 23.1. The molecule has 2 saturated heterocycles. The van der Waals surface area contributed by atoms with Gasteiger partial charge in [0, 0.05) is 0 Å². The van der Waals surface area contributed by atoms with Gasteiger partial charge in [-0.15, -0.1) is 0 Å². The maximum Gasteiger partial charge on any atom is 0.306 e. The van der Waals surface area contributed by atoms with Crippen LogP contribution >= 0.6 is 0 Å². The molecule has 24 heavy (non-hydrogen) atoms. The van der Waals surface area contributed by atoms with Gasteiger partial charge in [-0.1, -0.05) is 17.7 Å². The van der Waals surface area contributed by atoms with E-state index in [1.165, 1.54) is 4.90 Å². The molecule has 1 unspecified atom stereocenters. The number of rotatable bonds is 3. The van der Waals surface area contributed by atoms with Crippen LogP contribution in [0.1, 0.15) is 30.4 Å². The first-order valence-electron chi connectivity index (χ1n) is 8.29. The zero-order valence-corrected chi connectivity index (χ0v) is 14.0. The van der Waals surface area contributed by atoms with Crippen LogP contribution in [0, 0.1) is 19.8 Å². The van der Waals surface area contributed by atoms with Crippen molar-refractivity contribution in [3.05, 3.63) is 29.3 Å². The lowest BCUT2D eigenvalue weighted by Gasteiger charge is -2.33. The van der Waals surface area contributed by atoms with E-state index in [4.69, 9.17) is 5.11 Å². The fraction of sp³-hybridized carbons (Fsp3) is 0.500. The molecule has 0 aliphatic carbocycles. The second-order valence-corrected chi connectivity index (χ2v) is 6.73. The summed E-state index contributed by atoms with van der Waals surface area (Å²) < 4.78 is 0. The van der Waals surface area contributed by atoms with Gasteiger partial charge < -0.3 is 5.11 Å². The summed E-state index contributed by atoms with van der Waals surface area (Å²) in [5, 5.41) is 9.08. The van der Waals surface area contributed by atoms with Crippen LogP contribution in [0.2, 0.25) is 0 Å². The fourth-order valence-corrected chi connectivity index (χ4v) is 3.67. The second kappa shape index (κ2) is 6.36. The number of piperidine rings is 1. The molecule has 0 saturated carbocycles. The Bertz CT molecular complexity index is 692. The largest absolute Gasteiger partial charge is 0.481 e. The number of likely N-dealkylation sites (tertiary alicyclic amines) is 1. The molecule has 128 valence electrons. The summed E-state index contributed by atoms with van der Waals surface area (Å²) in [4.78, 5) is 39.6. The predicted molar refractivity (Wildman–Crippen MR) is 88.7 cm³/mol. The topological polar surface area (TPSA) is 77.9 Å². The van der Waals surface area contributed by atoms with E-state index in [2.05, 4.69) is 0 Å². The van der Waals surface area contributed by atoms with E-state index in [1.807, 2.05) is 36.9 Å². The fourth-order valence-electron chi connectivity index (χ4n) is 3.67. The molecule has 6 heteroatoms. The van der Waals surface area contributed by atoms with Gasteiger partial charge in [-0.05, 0) is 51.4 Å². The highest BCUT2D eigenvalue weighted by atomic mass is 16.4. The Morgan fingerprint density at radius 1 is 1.17 bits per heavy atom. The molecule has 1 N–H and O–H groups in total. The first kappa shape index (κ1) is 16.6. The quantitative estimate of drug-likeness (QED) is 0.854. The van der Waals surface area contributed by atoms with Crippen molar-refractivity contribution in [2.75, 3.05) is 18.0 Å². The highest BCUT2D eigenvalue weighted by molar-refractivity contribution is 6.22. The minimum absolute atomic E-state index is 0.171. The molecule has 0 spiro atoms. The zero-order chi connectivity index (χ0) is 17.4. The summed E-state index contributed by atoms with van der Waals surface area (Å²) in [7, 11) is 0. The Hall–Kier alpha value is -2.21. The molecule has 0 bridgehead atoms. The Labute approximate surface area is 141 Å². The second-order valence-electron chi connectivity index (χ2n) is 6.73. The van der Waals surface area contributed by atoms with Crippen molar-refractivity contribution >= 4 is 23.5 Å². The molecule has 0 aromatic heterocycles. The molecule has 1 aromatic carbocycles. The van der Waals surface area contributed by atoms with Crippen LogP contribution in [0.25, 0.3) is 0 Å². The molecule has 2 amide bonds. The Morgan fingerprint density at radius 2 is 1.83 bits per heavy atom. The van der Waals surface area contributed by atoms with Crippen molar-refractivity contribution in [2.45, 2.75) is 39.2 Å². The van der Waals surface area contributed by atoms with Gasteiger partial charge >= 0.3 is 5.97 Å². The molecule has 2 heterocycles. The summed E-state index contributed by atoms with van der Waals surface area (Å²) in [6, 6.07) is 5.21. The van der Waals surface area contributed by atoms with E-state index in [0.29, 0.717) is 31.6 Å². The number of hydrogen-bond donors (Lipinski definition) is 1. The van der Waals surface area contributed by atoms with Crippen molar-refractivity contribution < 1.29 is 19.5 Å². The van der Waals surface area contributed by atoms with E-state index in [1.54, 1.807) is 0 Å². The monoisotopic (exact) mass is 330 g/mol. The van der Waals surface area contributed by atoms with E-state index in [-0.39, 0.29) is 24.2 Å². The van der Waals surface area contributed by atoms with Crippen LogP contribution in [0.15, 0.2) is 18.2 Å². The molecule has 2 aliphatic rings. The SMILES string of the molecule is Cc1ccc(N2C(=O)CC(N3CCC(C(=O)O)CC3)C2=O)c(C)c1. The van der Waals surface area contributed by atoms with Gasteiger partial charge in [-0.2, -0.15) is 0 Å². The summed E-state index contributed by atoms with van der Waals surface area (Å²) in [5.74, 6) is -1.50. The van der Waals surface area contributed by atoms with Gasteiger partial charge in [0.1, 0.15) is 0 Å². The summed E-state index contributed by atoms with van der Waals surface area (Å²) in [6.45, 7) is 4.96. The lowest BCUT2D eigenvalue weighted by molar-refractivity contribution is -0.143. The molecule has 6 nitrogen and oxygen atoms in total. The van der Waals surface area contributed by atoms with Crippen molar-refractivity contribution in [3.8, 4) is 0 Å². The third-order valence-electron chi connectivity index (χ3n) is 5.04. The van der Waals surface area contributed by atoms with E-state index < -0.39 is 12.0 Å². The number of carboxylic acid groups (broad SMARTS) is 1. The van der Waals surface area contributed by atoms with Crippen LogP contribution in [-0.4, -0.2) is 46.9 Å². The number of hydrogen-bond acceptors (Lipinski definition) is 4. The molecule has 1 aromatic rings. The first-order valence-corrected chi connectivity index (χ1v) is 8.29. The summed E-state index contributed by atoms with van der Waals surface area (Å²) in [6.07, 6.45) is 1.22. The molecule has 3 rings (SSSR count). The average Bonchev–Trinajstić information content (AvgIpc) is 2.83. The number of aliphatic carboxylic acids is 1. The molecule has 2 fully saturated rings. The number of carbonyl (C=O) groups excluding carboxylic acids is 2. The number of nitrogens with zero attached hydrogens (tertiary/aromatic N) is 2. The highest BCUT2D eigenvalue weighted by Gasteiger charge is 2.44. The van der Waals surface area contributed by atoms with E-state index in [9.17, 15) is 14.4 Å². The van der Waals surface area contributed by atoms with Crippen molar-refractivity contribution in [1.29, 1.82) is 0 Å². The Balaban J connectivity index is 1.76. The molecule has 2 aliphatic heterocycles.